The third-order valence-electron chi connectivity index (χ3n) is 3.26. The van der Waals surface area contributed by atoms with Crippen LogP contribution in [0.2, 0.25) is 0 Å². The molecule has 1 fully saturated rings. The third kappa shape index (κ3) is 5.04. The van der Waals surface area contributed by atoms with E-state index in [-0.39, 0.29) is 11.4 Å². The van der Waals surface area contributed by atoms with Gasteiger partial charge in [-0.15, -0.1) is 0 Å². The summed E-state index contributed by atoms with van der Waals surface area (Å²) in [7, 11) is 1.77. The van der Waals surface area contributed by atoms with Crippen molar-refractivity contribution in [1.29, 1.82) is 0 Å². The molecule has 0 heterocycles. The summed E-state index contributed by atoms with van der Waals surface area (Å²) < 4.78 is 0. The zero-order valence-corrected chi connectivity index (χ0v) is 11.5. The Balaban J connectivity index is 2.36. The van der Waals surface area contributed by atoms with Crippen molar-refractivity contribution in [3.8, 4) is 0 Å². The lowest BCUT2D eigenvalue weighted by Crippen LogP contribution is -2.48. The first kappa shape index (κ1) is 14.5. The second kappa shape index (κ2) is 5.36. The van der Waals surface area contributed by atoms with E-state index in [9.17, 15) is 9.90 Å². The van der Waals surface area contributed by atoms with Gasteiger partial charge in [-0.25, -0.2) is 0 Å². The Hall–Kier alpha value is -0.610. The summed E-state index contributed by atoms with van der Waals surface area (Å²) in [5.41, 5.74) is -0.701. The van der Waals surface area contributed by atoms with Crippen LogP contribution < -0.4 is 5.32 Å². The number of aliphatic hydroxyl groups is 1. The van der Waals surface area contributed by atoms with Gasteiger partial charge in [-0.3, -0.25) is 4.79 Å². The standard InChI is InChI=1S/C13H26N2O2/c1-12(2,3)14-9-11(16)15(4)10-13(17)7-5-6-8-13/h14,17H,5-10H2,1-4H3. The van der Waals surface area contributed by atoms with E-state index in [4.69, 9.17) is 0 Å². The molecule has 0 radical (unpaired) electrons. The highest BCUT2D eigenvalue weighted by Gasteiger charge is 2.33. The van der Waals surface area contributed by atoms with Crippen LogP contribution in [0.5, 0.6) is 0 Å². The average molecular weight is 242 g/mol. The van der Waals surface area contributed by atoms with E-state index < -0.39 is 5.60 Å². The molecular formula is C13H26N2O2. The lowest BCUT2D eigenvalue weighted by molar-refractivity contribution is -0.132. The normalized spacial score (nSPS) is 19.4. The van der Waals surface area contributed by atoms with E-state index in [0.29, 0.717) is 13.1 Å². The fraction of sp³-hybridized carbons (Fsp3) is 0.923. The number of likely N-dealkylation sites (N-methyl/N-ethyl adjacent to an activating group) is 1. The maximum absolute atomic E-state index is 11.9. The number of nitrogens with zero attached hydrogens (tertiary/aromatic N) is 1. The van der Waals surface area contributed by atoms with Crippen molar-refractivity contribution in [1.82, 2.24) is 10.2 Å². The van der Waals surface area contributed by atoms with Crippen LogP contribution in [0.4, 0.5) is 0 Å². The van der Waals surface area contributed by atoms with Crippen LogP contribution in [0.15, 0.2) is 0 Å². The molecule has 4 nitrogen and oxygen atoms in total. The topological polar surface area (TPSA) is 52.6 Å². The molecule has 0 unspecified atom stereocenters. The molecular weight excluding hydrogens is 216 g/mol. The molecule has 0 atom stereocenters. The number of amides is 1. The number of nitrogens with one attached hydrogen (secondary N) is 1. The molecule has 0 spiro atoms. The first-order valence-corrected chi connectivity index (χ1v) is 6.43. The first-order chi connectivity index (χ1) is 7.72. The molecule has 0 aromatic rings. The van der Waals surface area contributed by atoms with Crippen molar-refractivity contribution >= 4 is 5.91 Å². The Labute approximate surface area is 104 Å². The quantitative estimate of drug-likeness (QED) is 0.777. The largest absolute Gasteiger partial charge is 0.388 e. The number of hydrogen-bond donors (Lipinski definition) is 2. The monoisotopic (exact) mass is 242 g/mol. The van der Waals surface area contributed by atoms with Crippen molar-refractivity contribution in [3.05, 3.63) is 0 Å². The Kier molecular flexibility index (Phi) is 4.55. The van der Waals surface area contributed by atoms with Gasteiger partial charge in [-0.1, -0.05) is 12.8 Å². The van der Waals surface area contributed by atoms with E-state index in [1.54, 1.807) is 11.9 Å². The van der Waals surface area contributed by atoms with Crippen molar-refractivity contribution in [2.75, 3.05) is 20.1 Å². The van der Waals surface area contributed by atoms with Crippen LogP contribution >= 0.6 is 0 Å². The van der Waals surface area contributed by atoms with E-state index in [1.165, 1.54) is 0 Å². The molecule has 100 valence electrons. The van der Waals surface area contributed by atoms with Crippen molar-refractivity contribution < 1.29 is 9.90 Å². The molecule has 1 amide bonds. The van der Waals surface area contributed by atoms with Gasteiger partial charge in [-0.05, 0) is 33.6 Å². The van der Waals surface area contributed by atoms with Gasteiger partial charge in [0.25, 0.3) is 0 Å². The van der Waals surface area contributed by atoms with Gasteiger partial charge in [0.2, 0.25) is 5.91 Å². The molecule has 1 saturated carbocycles. The van der Waals surface area contributed by atoms with E-state index in [0.717, 1.165) is 25.7 Å². The number of carbonyl (C=O) groups is 1. The molecule has 4 heteroatoms. The molecule has 1 aliphatic carbocycles. The molecule has 1 rings (SSSR count). The number of rotatable bonds is 4. The molecule has 1 aliphatic rings. The fourth-order valence-electron chi connectivity index (χ4n) is 2.20. The van der Waals surface area contributed by atoms with Gasteiger partial charge < -0.3 is 15.3 Å². The molecule has 0 aromatic heterocycles. The second-order valence-corrected chi connectivity index (χ2v) is 6.28. The summed E-state index contributed by atoms with van der Waals surface area (Å²) in [5, 5.41) is 13.4. The lowest BCUT2D eigenvalue weighted by Gasteiger charge is -2.29. The van der Waals surface area contributed by atoms with Crippen LogP contribution in [-0.2, 0) is 4.79 Å². The van der Waals surface area contributed by atoms with Crippen LogP contribution in [0.1, 0.15) is 46.5 Å². The predicted octanol–water partition coefficient (Wildman–Crippen LogP) is 1.14. The summed E-state index contributed by atoms with van der Waals surface area (Å²) in [6.07, 6.45) is 3.77. The Bertz CT molecular complexity index is 265. The molecule has 0 bridgehead atoms. The van der Waals surface area contributed by atoms with Gasteiger partial charge in [0.1, 0.15) is 0 Å². The average Bonchev–Trinajstić information content (AvgIpc) is 2.60. The minimum absolute atomic E-state index is 0.0419. The second-order valence-electron chi connectivity index (χ2n) is 6.28. The van der Waals surface area contributed by atoms with Crippen LogP contribution in [0, 0.1) is 0 Å². The zero-order valence-electron chi connectivity index (χ0n) is 11.5. The molecule has 17 heavy (non-hydrogen) atoms. The van der Waals surface area contributed by atoms with E-state index >= 15 is 0 Å². The molecule has 0 aliphatic heterocycles. The third-order valence-corrected chi connectivity index (χ3v) is 3.26. The Morgan fingerprint density at radius 2 is 1.88 bits per heavy atom. The van der Waals surface area contributed by atoms with E-state index in [2.05, 4.69) is 5.32 Å². The van der Waals surface area contributed by atoms with Gasteiger partial charge >= 0.3 is 0 Å². The van der Waals surface area contributed by atoms with Crippen molar-refractivity contribution in [3.63, 3.8) is 0 Å². The first-order valence-electron chi connectivity index (χ1n) is 6.43. The highest BCUT2D eigenvalue weighted by atomic mass is 16.3. The van der Waals surface area contributed by atoms with Gasteiger partial charge in [0.15, 0.2) is 0 Å². The van der Waals surface area contributed by atoms with Crippen molar-refractivity contribution in [2.24, 2.45) is 0 Å². The maximum Gasteiger partial charge on any atom is 0.236 e. The minimum Gasteiger partial charge on any atom is -0.388 e. The number of hydrogen-bond acceptors (Lipinski definition) is 3. The summed E-state index contributed by atoms with van der Waals surface area (Å²) >= 11 is 0. The van der Waals surface area contributed by atoms with Crippen LogP contribution in [0.3, 0.4) is 0 Å². The highest BCUT2D eigenvalue weighted by molar-refractivity contribution is 5.78. The Morgan fingerprint density at radius 1 is 1.35 bits per heavy atom. The molecule has 2 N–H and O–H groups in total. The summed E-state index contributed by atoms with van der Waals surface area (Å²) in [5.74, 6) is 0.0419. The van der Waals surface area contributed by atoms with Gasteiger partial charge in [-0.2, -0.15) is 0 Å². The van der Waals surface area contributed by atoms with Crippen LogP contribution in [0.25, 0.3) is 0 Å². The van der Waals surface area contributed by atoms with Crippen molar-refractivity contribution in [2.45, 2.75) is 57.6 Å². The predicted molar refractivity (Wildman–Crippen MR) is 68.8 cm³/mol. The lowest BCUT2D eigenvalue weighted by atomic mass is 10.0. The van der Waals surface area contributed by atoms with E-state index in [1.807, 2.05) is 20.8 Å². The van der Waals surface area contributed by atoms with Gasteiger partial charge in [0, 0.05) is 19.1 Å². The SMILES string of the molecule is CN(CC1(O)CCCC1)C(=O)CNC(C)(C)C. The highest BCUT2D eigenvalue weighted by Crippen LogP contribution is 2.29. The fourth-order valence-corrected chi connectivity index (χ4v) is 2.20. The Morgan fingerprint density at radius 3 is 2.35 bits per heavy atom. The van der Waals surface area contributed by atoms with Crippen LogP contribution in [-0.4, -0.2) is 47.2 Å². The van der Waals surface area contributed by atoms with Gasteiger partial charge in [0.05, 0.1) is 12.1 Å². The summed E-state index contributed by atoms with van der Waals surface area (Å²) in [6.45, 7) is 6.88. The molecule has 0 aromatic carbocycles. The molecule has 0 saturated heterocycles. The summed E-state index contributed by atoms with van der Waals surface area (Å²) in [6, 6.07) is 0. The smallest absolute Gasteiger partial charge is 0.236 e. The minimum atomic E-state index is -0.647. The summed E-state index contributed by atoms with van der Waals surface area (Å²) in [4.78, 5) is 13.5. The number of carbonyl (C=O) groups excluding carboxylic acids is 1. The maximum atomic E-state index is 11.9. The zero-order chi connectivity index (χ0) is 13.1.